The highest BCUT2D eigenvalue weighted by atomic mass is 16.6. The Morgan fingerprint density at radius 3 is 2.11 bits per heavy atom. The van der Waals surface area contributed by atoms with E-state index in [1.807, 2.05) is 0 Å². The fourth-order valence-electron chi connectivity index (χ4n) is 12.3. The number of carbonyl (C=O) groups excluding carboxylic acids is 1. The molecule has 0 N–H and O–H groups in total. The molecule has 3 nitrogen and oxygen atoms in total. The number of esters is 1. The molecule has 6 rings (SSSR count). The van der Waals surface area contributed by atoms with Crippen molar-refractivity contribution in [2.45, 2.75) is 131 Å². The maximum atomic E-state index is 11.9. The van der Waals surface area contributed by atoms with Crippen LogP contribution in [0.15, 0.2) is 0 Å². The van der Waals surface area contributed by atoms with Crippen molar-refractivity contribution >= 4 is 5.97 Å². The molecule has 6 fully saturated rings. The van der Waals surface area contributed by atoms with Gasteiger partial charge in [0.1, 0.15) is 6.10 Å². The lowest BCUT2D eigenvalue weighted by Crippen LogP contribution is -2.66. The normalized spacial score (nSPS) is 58.4. The summed E-state index contributed by atoms with van der Waals surface area (Å²) in [5, 5.41) is 0. The maximum Gasteiger partial charge on any atom is 0.302 e. The number of hydrogen-bond acceptors (Lipinski definition) is 3. The molecule has 1 saturated heterocycles. The van der Waals surface area contributed by atoms with Crippen LogP contribution in [0.4, 0.5) is 0 Å². The molecule has 0 aromatic rings. The number of fused-ring (bicyclic) bond motifs is 7. The van der Waals surface area contributed by atoms with Crippen molar-refractivity contribution < 1.29 is 14.3 Å². The van der Waals surface area contributed by atoms with E-state index in [9.17, 15) is 4.79 Å². The molecule has 0 radical (unpaired) electrons. The molecule has 198 valence electrons. The van der Waals surface area contributed by atoms with Crippen LogP contribution in [-0.2, 0) is 14.3 Å². The van der Waals surface area contributed by atoms with Gasteiger partial charge in [0.15, 0.2) is 0 Å². The first-order valence-corrected chi connectivity index (χ1v) is 15.0. The lowest BCUT2D eigenvalue weighted by molar-refractivity contribution is -0.250. The first-order valence-electron chi connectivity index (χ1n) is 15.0. The van der Waals surface area contributed by atoms with Crippen LogP contribution in [0.25, 0.3) is 0 Å². The van der Waals surface area contributed by atoms with Gasteiger partial charge in [0, 0.05) is 12.3 Å². The zero-order valence-corrected chi connectivity index (χ0v) is 24.0. The molecule has 1 aliphatic heterocycles. The number of hydrogen-bond donors (Lipinski definition) is 0. The van der Waals surface area contributed by atoms with Crippen molar-refractivity contribution in [3.8, 4) is 0 Å². The second-order valence-corrected chi connectivity index (χ2v) is 16.1. The third kappa shape index (κ3) is 3.09. The monoisotopic (exact) mass is 484 g/mol. The molecule has 11 atom stereocenters. The van der Waals surface area contributed by atoms with Gasteiger partial charge in [0.05, 0.1) is 12.2 Å². The first-order chi connectivity index (χ1) is 16.2. The van der Waals surface area contributed by atoms with E-state index >= 15 is 0 Å². The van der Waals surface area contributed by atoms with Crippen molar-refractivity contribution in [2.24, 2.45) is 56.7 Å². The summed E-state index contributed by atoms with van der Waals surface area (Å²) in [6.07, 6.45) is 13.4. The minimum absolute atomic E-state index is 0.0529. The van der Waals surface area contributed by atoms with Gasteiger partial charge >= 0.3 is 5.97 Å². The van der Waals surface area contributed by atoms with E-state index in [4.69, 9.17) is 9.47 Å². The molecule has 1 unspecified atom stereocenters. The minimum atomic E-state index is -0.106. The fourth-order valence-corrected chi connectivity index (χ4v) is 12.3. The van der Waals surface area contributed by atoms with Crippen molar-refractivity contribution in [2.75, 3.05) is 6.61 Å². The smallest absolute Gasteiger partial charge is 0.302 e. The summed E-state index contributed by atoms with van der Waals surface area (Å²) >= 11 is 0. The van der Waals surface area contributed by atoms with E-state index in [0.717, 1.165) is 36.7 Å². The molecule has 1 heterocycles. The van der Waals surface area contributed by atoms with Crippen molar-refractivity contribution in [3.63, 3.8) is 0 Å². The van der Waals surface area contributed by atoms with E-state index in [1.54, 1.807) is 6.92 Å². The lowest BCUT2D eigenvalue weighted by atomic mass is 9.32. The third-order valence-electron chi connectivity index (χ3n) is 14.5. The van der Waals surface area contributed by atoms with Gasteiger partial charge < -0.3 is 9.47 Å². The average Bonchev–Trinajstić information content (AvgIpc) is 3.40. The topological polar surface area (TPSA) is 38.8 Å². The summed E-state index contributed by atoms with van der Waals surface area (Å²) in [6, 6.07) is 0. The minimum Gasteiger partial charge on any atom is -0.462 e. The molecule has 5 aliphatic carbocycles. The van der Waals surface area contributed by atoms with Gasteiger partial charge in [0.25, 0.3) is 0 Å². The van der Waals surface area contributed by atoms with Crippen LogP contribution in [0.1, 0.15) is 120 Å². The number of rotatable bonds is 2. The summed E-state index contributed by atoms with van der Waals surface area (Å²) in [5.41, 5.74) is 1.93. The van der Waals surface area contributed by atoms with Gasteiger partial charge in [-0.15, -0.1) is 0 Å². The second kappa shape index (κ2) is 7.29. The molecule has 0 aromatic heterocycles. The predicted octanol–water partition coefficient (Wildman–Crippen LogP) is 7.81. The quantitative estimate of drug-likeness (QED) is 0.296. The standard InChI is InChI=1S/C32H52O3/c1-20(33)35-25-13-15-29(5)23(27(25,2)3)12-16-31(7)24(29)10-9-21-26-22(32(8)19-34-32)11-14-28(26,4)17-18-30(21,31)6/h21-26H,9-19H2,1-8H3/t21-,22-,23+,24-,25+,26+,28-,29+,30-,31-,32?/m1/s1. The SMILES string of the molecule is CC(=O)O[C@H]1CC[C@]2(C)[C@H]3CC[C@@H]4[C@H]5[C@H](C6(C)CO6)CC[C@]5(C)CC[C@@]4(C)[C@]3(C)CC[C@H]2C1(C)C. The van der Waals surface area contributed by atoms with Gasteiger partial charge in [0.2, 0.25) is 0 Å². The highest BCUT2D eigenvalue weighted by Crippen LogP contribution is 2.78. The number of epoxide rings is 1. The van der Waals surface area contributed by atoms with Crippen LogP contribution in [-0.4, -0.2) is 24.3 Å². The lowest BCUT2D eigenvalue weighted by Gasteiger charge is -2.73. The molecule has 35 heavy (non-hydrogen) atoms. The van der Waals surface area contributed by atoms with E-state index < -0.39 is 0 Å². The van der Waals surface area contributed by atoms with Crippen LogP contribution in [0, 0.1) is 56.7 Å². The van der Waals surface area contributed by atoms with Crippen molar-refractivity contribution in [3.05, 3.63) is 0 Å². The molecule has 3 heteroatoms. The Morgan fingerprint density at radius 2 is 1.46 bits per heavy atom. The van der Waals surface area contributed by atoms with E-state index in [2.05, 4.69) is 48.5 Å². The maximum absolute atomic E-state index is 11.9. The first kappa shape index (κ1) is 24.7. The molecule has 0 spiro atoms. The Hall–Kier alpha value is -0.570. The van der Waals surface area contributed by atoms with Gasteiger partial charge in [-0.25, -0.2) is 0 Å². The summed E-state index contributed by atoms with van der Waals surface area (Å²) in [4.78, 5) is 11.9. The van der Waals surface area contributed by atoms with Crippen molar-refractivity contribution in [1.82, 2.24) is 0 Å². The van der Waals surface area contributed by atoms with Crippen LogP contribution < -0.4 is 0 Å². The Bertz CT molecular complexity index is 904. The van der Waals surface area contributed by atoms with Crippen LogP contribution >= 0.6 is 0 Å². The second-order valence-electron chi connectivity index (χ2n) is 16.1. The van der Waals surface area contributed by atoms with E-state index in [0.29, 0.717) is 27.6 Å². The largest absolute Gasteiger partial charge is 0.462 e. The summed E-state index contributed by atoms with van der Waals surface area (Å²) < 4.78 is 12.1. The summed E-state index contributed by atoms with van der Waals surface area (Å²) in [6.45, 7) is 20.6. The highest BCUT2D eigenvalue weighted by Gasteiger charge is 2.72. The third-order valence-corrected chi connectivity index (χ3v) is 14.5. The highest BCUT2D eigenvalue weighted by molar-refractivity contribution is 5.66. The molecule has 6 aliphatic rings. The Labute approximate surface area is 214 Å². The molecular formula is C32H52O3. The van der Waals surface area contributed by atoms with Gasteiger partial charge in [-0.3, -0.25) is 4.79 Å². The van der Waals surface area contributed by atoms with Crippen molar-refractivity contribution in [1.29, 1.82) is 0 Å². The van der Waals surface area contributed by atoms with Crippen LogP contribution in [0.5, 0.6) is 0 Å². The summed E-state index contributed by atoms with van der Waals surface area (Å²) in [5.74, 6) is 3.77. The molecule has 0 amide bonds. The zero-order chi connectivity index (χ0) is 25.2. The summed E-state index contributed by atoms with van der Waals surface area (Å²) in [7, 11) is 0. The fraction of sp³-hybridized carbons (Fsp3) is 0.969. The van der Waals surface area contributed by atoms with E-state index in [-0.39, 0.29) is 23.1 Å². The zero-order valence-electron chi connectivity index (χ0n) is 24.0. The molecule has 5 saturated carbocycles. The molecule has 0 bridgehead atoms. The predicted molar refractivity (Wildman–Crippen MR) is 140 cm³/mol. The average molecular weight is 485 g/mol. The number of ether oxygens (including phenoxy) is 2. The van der Waals surface area contributed by atoms with E-state index in [1.165, 1.54) is 57.8 Å². The van der Waals surface area contributed by atoms with Gasteiger partial charge in [-0.2, -0.15) is 0 Å². The van der Waals surface area contributed by atoms with Gasteiger partial charge in [-0.1, -0.05) is 41.5 Å². The Kier molecular flexibility index (Phi) is 5.16. The Morgan fingerprint density at radius 1 is 0.743 bits per heavy atom. The molecular weight excluding hydrogens is 432 g/mol. The van der Waals surface area contributed by atoms with Gasteiger partial charge in [-0.05, 0) is 122 Å². The van der Waals surface area contributed by atoms with Crippen LogP contribution in [0.2, 0.25) is 0 Å². The number of carbonyl (C=O) groups is 1. The molecule has 0 aromatic carbocycles. The Balaban J connectivity index is 1.34. The van der Waals surface area contributed by atoms with Crippen LogP contribution in [0.3, 0.4) is 0 Å².